The Morgan fingerprint density at radius 1 is 1.06 bits per heavy atom. The van der Waals surface area contributed by atoms with Gasteiger partial charge in [0.25, 0.3) is 0 Å². The number of nitrogens with zero attached hydrogens (tertiary/aromatic N) is 3. The van der Waals surface area contributed by atoms with Crippen LogP contribution in [0.25, 0.3) is 0 Å². The van der Waals surface area contributed by atoms with Crippen molar-refractivity contribution in [2.45, 2.75) is 54.4 Å². The second-order valence-corrected chi connectivity index (χ2v) is 4.00. The topological polar surface area (TPSA) is 21.1 Å². The fourth-order valence-electron chi connectivity index (χ4n) is 1.61. The first-order valence-electron chi connectivity index (χ1n) is 6.66. The Bertz CT molecular complexity index is 299. The summed E-state index contributed by atoms with van der Waals surface area (Å²) in [4.78, 5) is 2.07. The van der Waals surface area contributed by atoms with Crippen molar-refractivity contribution < 1.29 is 0 Å². The second-order valence-electron chi connectivity index (χ2n) is 4.00. The molecule has 1 aromatic heterocycles. The highest BCUT2D eigenvalue weighted by molar-refractivity contribution is 5.49. The Morgan fingerprint density at radius 2 is 1.47 bits per heavy atom. The van der Waals surface area contributed by atoms with Crippen LogP contribution >= 0.6 is 0 Å². The van der Waals surface area contributed by atoms with E-state index >= 15 is 0 Å². The van der Waals surface area contributed by atoms with Crippen molar-refractivity contribution in [3.05, 3.63) is 11.3 Å². The van der Waals surface area contributed by atoms with E-state index in [1.165, 1.54) is 11.3 Å². The van der Waals surface area contributed by atoms with Gasteiger partial charge in [0.2, 0.25) is 0 Å². The molecule has 1 heterocycles. The van der Waals surface area contributed by atoms with Crippen LogP contribution in [0.15, 0.2) is 0 Å². The molecule has 0 fully saturated rings. The van der Waals surface area contributed by atoms with Gasteiger partial charge in [0.15, 0.2) is 5.82 Å². The van der Waals surface area contributed by atoms with E-state index in [1.54, 1.807) is 0 Å². The third kappa shape index (κ3) is 4.80. The zero-order valence-corrected chi connectivity index (χ0v) is 13.4. The van der Waals surface area contributed by atoms with Crippen LogP contribution in [0.1, 0.15) is 58.7 Å². The molecule has 0 amide bonds. The summed E-state index contributed by atoms with van der Waals surface area (Å²) in [5.41, 5.74) is 2.62. The molecule has 0 N–H and O–H groups in total. The molecule has 17 heavy (non-hydrogen) atoms. The molecular weight excluding hydrogens is 210 g/mol. The van der Waals surface area contributed by atoms with Gasteiger partial charge in [0.05, 0.1) is 0 Å². The Balaban J connectivity index is 0. The van der Waals surface area contributed by atoms with E-state index in [2.05, 4.69) is 30.8 Å². The molecule has 0 unspecified atom stereocenters. The minimum Gasteiger partial charge on any atom is -0.361 e. The molecule has 0 aromatic carbocycles. The van der Waals surface area contributed by atoms with Gasteiger partial charge in [-0.25, -0.2) is 0 Å². The normalized spacial score (nSPS) is 9.12. The number of aryl methyl sites for hydroxylation is 1. The van der Waals surface area contributed by atoms with E-state index in [0.717, 1.165) is 5.82 Å². The highest BCUT2D eigenvalue weighted by Crippen LogP contribution is 2.27. The first kappa shape index (κ1) is 18.4. The van der Waals surface area contributed by atoms with Crippen LogP contribution in [0.4, 0.5) is 5.82 Å². The summed E-state index contributed by atoms with van der Waals surface area (Å²) in [5, 5.41) is 4.47. The highest BCUT2D eigenvalue weighted by Gasteiger charge is 2.16. The fraction of sp³-hybridized carbons (Fsp3) is 0.786. The Labute approximate surface area is 108 Å². The number of rotatable bonds is 2. The highest BCUT2D eigenvalue weighted by atomic mass is 15.3. The molecule has 0 aliphatic rings. The molecule has 0 spiro atoms. The first-order chi connectivity index (χ1) is 7.95. The summed E-state index contributed by atoms with van der Waals surface area (Å²) < 4.78 is 1.95. The van der Waals surface area contributed by atoms with Gasteiger partial charge < -0.3 is 4.90 Å². The molecule has 102 valence electrons. The lowest BCUT2D eigenvalue weighted by Crippen LogP contribution is -2.12. The van der Waals surface area contributed by atoms with Gasteiger partial charge in [0, 0.05) is 32.4 Å². The van der Waals surface area contributed by atoms with Crippen LogP contribution in [-0.4, -0.2) is 23.9 Å². The Kier molecular flexibility index (Phi) is 9.82. The Morgan fingerprint density at radius 3 is 1.71 bits per heavy atom. The molecule has 3 nitrogen and oxygen atoms in total. The van der Waals surface area contributed by atoms with Crippen LogP contribution in [0.3, 0.4) is 0 Å². The van der Waals surface area contributed by atoms with Crippen molar-refractivity contribution in [2.24, 2.45) is 7.05 Å². The van der Waals surface area contributed by atoms with Crippen molar-refractivity contribution in [2.75, 3.05) is 19.0 Å². The zero-order valence-electron chi connectivity index (χ0n) is 13.4. The van der Waals surface area contributed by atoms with E-state index in [4.69, 9.17) is 0 Å². The van der Waals surface area contributed by atoms with Gasteiger partial charge in [0.1, 0.15) is 0 Å². The number of hydrogen-bond acceptors (Lipinski definition) is 2. The van der Waals surface area contributed by atoms with E-state index in [9.17, 15) is 0 Å². The number of aromatic nitrogens is 2. The maximum Gasteiger partial charge on any atom is 0.153 e. The van der Waals surface area contributed by atoms with Crippen LogP contribution < -0.4 is 4.90 Å². The van der Waals surface area contributed by atoms with E-state index < -0.39 is 0 Å². The molecule has 3 heteroatoms. The van der Waals surface area contributed by atoms with Crippen molar-refractivity contribution >= 4 is 5.82 Å². The summed E-state index contributed by atoms with van der Waals surface area (Å²) in [7, 11) is 6.06. The average Bonchev–Trinajstić information content (AvgIpc) is 2.61. The average molecular weight is 241 g/mol. The number of hydrogen-bond donors (Lipinski definition) is 0. The van der Waals surface area contributed by atoms with Gasteiger partial charge in [-0.05, 0) is 12.8 Å². The molecular formula is C14H31N3. The molecule has 0 bridgehead atoms. The van der Waals surface area contributed by atoms with Gasteiger partial charge in [-0.2, -0.15) is 5.10 Å². The van der Waals surface area contributed by atoms with Gasteiger partial charge in [-0.15, -0.1) is 0 Å². The van der Waals surface area contributed by atoms with E-state index in [1.807, 2.05) is 53.5 Å². The summed E-state index contributed by atoms with van der Waals surface area (Å²) in [6.45, 7) is 14.5. The van der Waals surface area contributed by atoms with Crippen molar-refractivity contribution in [1.82, 2.24) is 9.78 Å². The SMILES string of the molecule is CC.CC.Cc1c(C(C)C)c(N(C)C)nn1C. The maximum atomic E-state index is 4.47. The van der Waals surface area contributed by atoms with Crippen molar-refractivity contribution in [3.63, 3.8) is 0 Å². The van der Waals surface area contributed by atoms with Crippen molar-refractivity contribution in [1.29, 1.82) is 0 Å². The molecule has 0 aliphatic heterocycles. The summed E-state index contributed by atoms with van der Waals surface area (Å²) >= 11 is 0. The Hall–Kier alpha value is -0.990. The zero-order chi connectivity index (χ0) is 14.2. The molecule has 1 rings (SSSR count). The van der Waals surface area contributed by atoms with E-state index in [0.29, 0.717) is 5.92 Å². The lowest BCUT2D eigenvalue weighted by Gasteiger charge is -2.13. The predicted molar refractivity (Wildman–Crippen MR) is 79.1 cm³/mol. The lowest BCUT2D eigenvalue weighted by molar-refractivity contribution is 0.731. The van der Waals surface area contributed by atoms with Crippen LogP contribution in [0.5, 0.6) is 0 Å². The molecule has 0 radical (unpaired) electrons. The van der Waals surface area contributed by atoms with Gasteiger partial charge in [-0.1, -0.05) is 41.5 Å². The summed E-state index contributed by atoms with van der Waals surface area (Å²) in [5.74, 6) is 1.63. The molecule has 0 saturated carbocycles. The van der Waals surface area contributed by atoms with Crippen LogP contribution in [0.2, 0.25) is 0 Å². The monoisotopic (exact) mass is 241 g/mol. The largest absolute Gasteiger partial charge is 0.361 e. The smallest absolute Gasteiger partial charge is 0.153 e. The first-order valence-corrected chi connectivity index (χ1v) is 6.66. The summed E-state index contributed by atoms with van der Waals surface area (Å²) in [6.07, 6.45) is 0. The minimum atomic E-state index is 0.533. The third-order valence-corrected chi connectivity index (χ3v) is 2.36. The lowest BCUT2D eigenvalue weighted by atomic mass is 10.0. The summed E-state index contributed by atoms with van der Waals surface area (Å²) in [6, 6.07) is 0. The van der Waals surface area contributed by atoms with Gasteiger partial charge >= 0.3 is 0 Å². The quantitative estimate of drug-likeness (QED) is 0.781. The minimum absolute atomic E-state index is 0.533. The van der Waals surface area contributed by atoms with Gasteiger partial charge in [-0.3, -0.25) is 4.68 Å². The van der Waals surface area contributed by atoms with E-state index in [-0.39, 0.29) is 0 Å². The molecule has 1 aromatic rings. The number of anilines is 1. The van der Waals surface area contributed by atoms with Crippen LogP contribution in [-0.2, 0) is 7.05 Å². The van der Waals surface area contributed by atoms with Crippen LogP contribution in [0, 0.1) is 6.92 Å². The molecule has 0 saturated heterocycles. The molecule has 0 atom stereocenters. The third-order valence-electron chi connectivity index (χ3n) is 2.36. The van der Waals surface area contributed by atoms with Crippen molar-refractivity contribution in [3.8, 4) is 0 Å². The second kappa shape index (κ2) is 9.08. The fourth-order valence-corrected chi connectivity index (χ4v) is 1.61. The predicted octanol–water partition coefficient (Wildman–Crippen LogP) is 3.97. The maximum absolute atomic E-state index is 4.47. The standard InChI is InChI=1S/C10H19N3.2C2H6/c1-7(2)9-8(3)13(6)11-10(9)12(4)5;2*1-2/h7H,1-6H3;2*1-2H3. The molecule has 0 aliphatic carbocycles.